The molecule has 0 saturated carbocycles. The number of hydrogen-bond donors (Lipinski definition) is 1. The Morgan fingerprint density at radius 2 is 1.92 bits per heavy atom. The second-order valence-corrected chi connectivity index (χ2v) is 5.49. The van der Waals surface area contributed by atoms with Gasteiger partial charge in [-0.3, -0.25) is 18.7 Å². The SMILES string of the molecule is COc1cccc(C(=O)Nc2cnc3c(c2)c(=O)n(C)c(=O)n3C)c1. The molecule has 0 radical (unpaired) electrons. The summed E-state index contributed by atoms with van der Waals surface area (Å²) in [5.41, 5.74) is 0.0950. The number of ether oxygens (including phenoxy) is 1. The summed E-state index contributed by atoms with van der Waals surface area (Å²) < 4.78 is 7.38. The van der Waals surface area contributed by atoms with Gasteiger partial charge in [0.1, 0.15) is 11.4 Å². The number of aryl methyl sites for hydroxylation is 1. The van der Waals surface area contributed by atoms with Gasteiger partial charge in [-0.15, -0.1) is 0 Å². The van der Waals surface area contributed by atoms with Crippen LogP contribution in [0, 0.1) is 0 Å². The number of hydrogen-bond acceptors (Lipinski definition) is 5. The molecule has 0 aliphatic carbocycles. The maximum atomic E-state index is 12.4. The molecule has 3 rings (SSSR count). The quantitative estimate of drug-likeness (QED) is 0.764. The molecule has 0 aliphatic heterocycles. The van der Waals surface area contributed by atoms with E-state index in [4.69, 9.17) is 4.74 Å². The van der Waals surface area contributed by atoms with Crippen molar-refractivity contribution in [3.8, 4) is 5.75 Å². The molecule has 25 heavy (non-hydrogen) atoms. The van der Waals surface area contributed by atoms with Crippen molar-refractivity contribution in [3.05, 3.63) is 62.9 Å². The normalized spacial score (nSPS) is 10.7. The lowest BCUT2D eigenvalue weighted by molar-refractivity contribution is 0.102. The smallest absolute Gasteiger partial charge is 0.332 e. The number of carbonyl (C=O) groups is 1. The summed E-state index contributed by atoms with van der Waals surface area (Å²) in [6.07, 6.45) is 1.40. The molecule has 128 valence electrons. The maximum Gasteiger partial charge on any atom is 0.332 e. The molecule has 0 spiro atoms. The van der Waals surface area contributed by atoms with Crippen molar-refractivity contribution in [1.82, 2.24) is 14.1 Å². The maximum absolute atomic E-state index is 12.4. The minimum atomic E-state index is -0.469. The predicted octanol–water partition coefficient (Wildman–Crippen LogP) is 0.893. The predicted molar refractivity (Wildman–Crippen MR) is 93.2 cm³/mol. The van der Waals surface area contributed by atoms with Gasteiger partial charge in [0.2, 0.25) is 0 Å². The average Bonchev–Trinajstić information content (AvgIpc) is 2.64. The molecule has 0 saturated heterocycles. The van der Waals surface area contributed by atoms with E-state index in [0.29, 0.717) is 17.0 Å². The van der Waals surface area contributed by atoms with Gasteiger partial charge in [-0.2, -0.15) is 0 Å². The van der Waals surface area contributed by atoms with Crippen LogP contribution in [0.5, 0.6) is 5.75 Å². The fourth-order valence-electron chi connectivity index (χ4n) is 2.50. The Balaban J connectivity index is 2.01. The lowest BCUT2D eigenvalue weighted by Gasteiger charge is -2.09. The Morgan fingerprint density at radius 1 is 1.16 bits per heavy atom. The molecule has 0 aliphatic rings. The van der Waals surface area contributed by atoms with Crippen molar-refractivity contribution < 1.29 is 9.53 Å². The van der Waals surface area contributed by atoms with Gasteiger partial charge >= 0.3 is 5.69 Å². The highest BCUT2D eigenvalue weighted by Crippen LogP contribution is 2.16. The van der Waals surface area contributed by atoms with Gasteiger partial charge in [0.15, 0.2) is 0 Å². The third kappa shape index (κ3) is 2.89. The standard InChI is InChI=1S/C17H16N4O4/c1-20-14-13(16(23)21(2)17(20)24)8-11(9-18-14)19-15(22)10-5-4-6-12(7-10)25-3/h4-9H,1-3H3,(H,19,22). The van der Waals surface area contributed by atoms with Crippen molar-refractivity contribution >= 4 is 22.6 Å². The van der Waals surface area contributed by atoms with E-state index in [9.17, 15) is 14.4 Å². The Kier molecular flexibility index (Phi) is 4.10. The molecule has 1 N–H and O–H groups in total. The van der Waals surface area contributed by atoms with Crippen molar-refractivity contribution in [2.45, 2.75) is 0 Å². The molecule has 1 amide bonds. The van der Waals surface area contributed by atoms with Crippen molar-refractivity contribution in [3.63, 3.8) is 0 Å². The fraction of sp³-hybridized carbons (Fsp3) is 0.176. The van der Waals surface area contributed by atoms with Crippen LogP contribution < -0.4 is 21.3 Å². The van der Waals surface area contributed by atoms with Gasteiger partial charge in [0.25, 0.3) is 11.5 Å². The monoisotopic (exact) mass is 340 g/mol. The van der Waals surface area contributed by atoms with Crippen LogP contribution in [0.3, 0.4) is 0 Å². The lowest BCUT2D eigenvalue weighted by Crippen LogP contribution is -2.37. The van der Waals surface area contributed by atoms with Gasteiger partial charge in [-0.05, 0) is 24.3 Å². The Morgan fingerprint density at radius 3 is 2.64 bits per heavy atom. The summed E-state index contributed by atoms with van der Waals surface area (Å²) in [6.45, 7) is 0. The molecule has 3 aromatic rings. The first kappa shape index (κ1) is 16.4. The number of rotatable bonds is 3. The van der Waals surface area contributed by atoms with Crippen molar-refractivity contribution in [2.24, 2.45) is 14.1 Å². The summed E-state index contributed by atoms with van der Waals surface area (Å²) in [4.78, 5) is 40.7. The van der Waals surface area contributed by atoms with Gasteiger partial charge in [0, 0.05) is 19.7 Å². The highest BCUT2D eigenvalue weighted by atomic mass is 16.5. The molecule has 8 nitrogen and oxygen atoms in total. The third-order valence-corrected chi connectivity index (χ3v) is 3.88. The number of pyridine rings is 1. The minimum absolute atomic E-state index is 0.244. The van der Waals surface area contributed by atoms with Crippen molar-refractivity contribution in [1.29, 1.82) is 0 Å². The molecular weight excluding hydrogens is 324 g/mol. The fourth-order valence-corrected chi connectivity index (χ4v) is 2.50. The van der Waals surface area contributed by atoms with E-state index in [2.05, 4.69) is 10.3 Å². The topological polar surface area (TPSA) is 95.2 Å². The highest BCUT2D eigenvalue weighted by molar-refractivity contribution is 6.05. The average molecular weight is 340 g/mol. The Labute approximate surface area is 142 Å². The van der Waals surface area contributed by atoms with Crippen LogP contribution in [-0.2, 0) is 14.1 Å². The molecule has 2 heterocycles. The first-order valence-electron chi connectivity index (χ1n) is 7.43. The number of fused-ring (bicyclic) bond motifs is 1. The van der Waals surface area contributed by atoms with E-state index < -0.39 is 11.2 Å². The van der Waals surface area contributed by atoms with Gasteiger partial charge in [-0.1, -0.05) is 6.07 Å². The second kappa shape index (κ2) is 6.23. The molecule has 0 fully saturated rings. The van der Waals surface area contributed by atoms with E-state index in [1.54, 1.807) is 24.3 Å². The Bertz CT molecular complexity index is 1100. The van der Waals surface area contributed by atoms with Crippen LogP contribution in [0.4, 0.5) is 5.69 Å². The molecular formula is C17H16N4O4. The lowest BCUT2D eigenvalue weighted by atomic mass is 10.2. The van der Waals surface area contributed by atoms with Crippen LogP contribution in [0.25, 0.3) is 11.0 Å². The zero-order valence-corrected chi connectivity index (χ0v) is 13.9. The first-order chi connectivity index (χ1) is 11.9. The molecule has 1 aromatic carbocycles. The molecule has 2 aromatic heterocycles. The van der Waals surface area contributed by atoms with E-state index in [0.717, 1.165) is 4.57 Å². The largest absolute Gasteiger partial charge is 0.497 e. The van der Waals surface area contributed by atoms with E-state index >= 15 is 0 Å². The molecule has 0 atom stereocenters. The zero-order valence-electron chi connectivity index (χ0n) is 13.9. The number of methoxy groups -OCH3 is 1. The summed E-state index contributed by atoms with van der Waals surface area (Å²) in [5, 5.41) is 2.93. The van der Waals surface area contributed by atoms with E-state index in [-0.39, 0.29) is 16.9 Å². The highest BCUT2D eigenvalue weighted by Gasteiger charge is 2.12. The number of carbonyl (C=O) groups excluding carboxylic acids is 1. The zero-order chi connectivity index (χ0) is 18.1. The van der Waals surface area contributed by atoms with Gasteiger partial charge < -0.3 is 10.1 Å². The second-order valence-electron chi connectivity index (χ2n) is 5.49. The van der Waals surface area contributed by atoms with Crippen LogP contribution in [0.1, 0.15) is 10.4 Å². The number of aromatic nitrogens is 3. The summed E-state index contributed by atoms with van der Waals surface area (Å²) >= 11 is 0. The van der Waals surface area contributed by atoms with Crippen LogP contribution in [-0.4, -0.2) is 27.1 Å². The third-order valence-electron chi connectivity index (χ3n) is 3.88. The van der Waals surface area contributed by atoms with E-state index in [1.165, 1.54) is 38.0 Å². The minimum Gasteiger partial charge on any atom is -0.497 e. The van der Waals surface area contributed by atoms with Crippen LogP contribution in [0.15, 0.2) is 46.1 Å². The summed E-state index contributed by atoms with van der Waals surface area (Å²) in [6, 6.07) is 8.19. The molecule has 8 heteroatoms. The molecule has 0 bridgehead atoms. The summed E-state index contributed by atoms with van der Waals surface area (Å²) in [5.74, 6) is 0.204. The number of nitrogens with zero attached hydrogens (tertiary/aromatic N) is 3. The van der Waals surface area contributed by atoms with Gasteiger partial charge in [0.05, 0.1) is 24.4 Å². The Hall–Kier alpha value is -3.42. The summed E-state index contributed by atoms with van der Waals surface area (Å²) in [7, 11) is 4.45. The van der Waals surface area contributed by atoms with E-state index in [1.807, 2.05) is 0 Å². The van der Waals surface area contributed by atoms with Crippen molar-refractivity contribution in [2.75, 3.05) is 12.4 Å². The number of benzene rings is 1. The number of nitrogens with one attached hydrogen (secondary N) is 1. The number of anilines is 1. The number of amides is 1. The van der Waals surface area contributed by atoms with Crippen LogP contribution in [0.2, 0.25) is 0 Å². The molecule has 0 unspecified atom stereocenters. The van der Waals surface area contributed by atoms with Crippen LogP contribution >= 0.6 is 0 Å². The van der Waals surface area contributed by atoms with Gasteiger partial charge in [-0.25, -0.2) is 9.78 Å². The first-order valence-corrected chi connectivity index (χ1v) is 7.43.